The van der Waals surface area contributed by atoms with E-state index < -0.39 is 5.60 Å². The molecule has 1 amide bonds. The maximum absolute atomic E-state index is 12.0. The van der Waals surface area contributed by atoms with Crippen LogP contribution in [0.1, 0.15) is 37.3 Å². The zero-order valence-corrected chi connectivity index (χ0v) is 12.5. The third kappa shape index (κ3) is 2.69. The predicted octanol–water partition coefficient (Wildman–Crippen LogP) is 1.86. The lowest BCUT2D eigenvalue weighted by Crippen LogP contribution is -2.41. The third-order valence-electron chi connectivity index (χ3n) is 4.55. The monoisotopic (exact) mass is 298 g/mol. The highest BCUT2D eigenvalue weighted by atomic mass is 16.6. The molecule has 1 aromatic rings. The summed E-state index contributed by atoms with van der Waals surface area (Å²) >= 11 is 0. The van der Waals surface area contributed by atoms with Gasteiger partial charge in [-0.2, -0.15) is 5.26 Å². The fourth-order valence-corrected chi connectivity index (χ4v) is 2.97. The number of benzene rings is 1. The number of carbonyl (C=O) groups excluding carboxylic acids is 2. The van der Waals surface area contributed by atoms with E-state index >= 15 is 0 Å². The van der Waals surface area contributed by atoms with Gasteiger partial charge >= 0.3 is 5.97 Å². The van der Waals surface area contributed by atoms with Gasteiger partial charge in [0.15, 0.2) is 5.60 Å². The summed E-state index contributed by atoms with van der Waals surface area (Å²) in [6.45, 7) is 2.31. The molecule has 5 nitrogen and oxygen atoms in total. The van der Waals surface area contributed by atoms with E-state index in [1.807, 2.05) is 13.0 Å². The van der Waals surface area contributed by atoms with Crippen LogP contribution in [0.25, 0.3) is 0 Å². The first kappa shape index (κ1) is 14.6. The standard InChI is InChI=1S/C17H18N2O3/c1-11-7-14(11)16(21)19-10-17(6-5-15(20)22-17)13-4-2-3-12(8-13)9-18/h2-4,8,11,14H,5-7,10H2,1H3,(H,19,21)/t11-,14-,17?/m0/s1. The Labute approximate surface area is 129 Å². The Morgan fingerprint density at radius 2 is 2.32 bits per heavy atom. The zero-order chi connectivity index (χ0) is 15.7. The molecule has 0 spiro atoms. The van der Waals surface area contributed by atoms with E-state index in [1.165, 1.54) is 0 Å². The van der Waals surface area contributed by atoms with Gasteiger partial charge in [-0.1, -0.05) is 19.1 Å². The molecule has 3 atom stereocenters. The molecule has 2 fully saturated rings. The Morgan fingerprint density at radius 3 is 2.91 bits per heavy atom. The highest BCUT2D eigenvalue weighted by Gasteiger charge is 2.44. The molecule has 114 valence electrons. The fourth-order valence-electron chi connectivity index (χ4n) is 2.97. The van der Waals surface area contributed by atoms with Gasteiger partial charge in [-0.25, -0.2) is 0 Å². The molecule has 3 rings (SSSR count). The largest absolute Gasteiger partial charge is 0.452 e. The second-order valence-electron chi connectivity index (χ2n) is 6.20. The van der Waals surface area contributed by atoms with Gasteiger partial charge in [0.25, 0.3) is 0 Å². The molecule has 0 aromatic heterocycles. The van der Waals surface area contributed by atoms with Gasteiger partial charge in [0.05, 0.1) is 18.2 Å². The van der Waals surface area contributed by atoms with Crippen molar-refractivity contribution in [1.82, 2.24) is 5.32 Å². The van der Waals surface area contributed by atoms with Crippen LogP contribution in [0.5, 0.6) is 0 Å². The first-order valence-electron chi connectivity index (χ1n) is 7.54. The van der Waals surface area contributed by atoms with Gasteiger partial charge in [0.2, 0.25) is 5.91 Å². The average Bonchev–Trinajstić information content (AvgIpc) is 3.14. The minimum Gasteiger partial charge on any atom is -0.452 e. The minimum atomic E-state index is -0.849. The van der Waals surface area contributed by atoms with Crippen LogP contribution in [0.3, 0.4) is 0 Å². The van der Waals surface area contributed by atoms with Crippen molar-refractivity contribution in [2.75, 3.05) is 6.54 Å². The summed E-state index contributed by atoms with van der Waals surface area (Å²) in [5, 5.41) is 12.0. The van der Waals surface area contributed by atoms with Crippen molar-refractivity contribution in [2.45, 2.75) is 31.8 Å². The topological polar surface area (TPSA) is 79.2 Å². The van der Waals surface area contributed by atoms with E-state index in [4.69, 9.17) is 10.00 Å². The first-order valence-corrected chi connectivity index (χ1v) is 7.54. The minimum absolute atomic E-state index is 0.0197. The number of nitrogens with one attached hydrogen (secondary N) is 1. The van der Waals surface area contributed by atoms with Gasteiger partial charge in [-0.15, -0.1) is 0 Å². The second-order valence-corrected chi connectivity index (χ2v) is 6.20. The second kappa shape index (κ2) is 5.45. The maximum atomic E-state index is 12.0. The number of rotatable bonds is 4. The normalized spacial score (nSPS) is 29.5. The van der Waals surface area contributed by atoms with E-state index in [2.05, 4.69) is 11.4 Å². The number of cyclic esters (lactones) is 1. The molecule has 2 aliphatic rings. The Bertz CT molecular complexity index is 664. The smallest absolute Gasteiger partial charge is 0.306 e. The number of nitrogens with zero attached hydrogens (tertiary/aromatic N) is 1. The van der Waals surface area contributed by atoms with Crippen molar-refractivity contribution >= 4 is 11.9 Å². The summed E-state index contributed by atoms with van der Waals surface area (Å²) in [6.07, 6.45) is 1.76. The van der Waals surface area contributed by atoms with Gasteiger partial charge in [0, 0.05) is 18.8 Å². The highest BCUT2D eigenvalue weighted by molar-refractivity contribution is 5.81. The summed E-state index contributed by atoms with van der Waals surface area (Å²) in [5.41, 5.74) is 0.432. The summed E-state index contributed by atoms with van der Waals surface area (Å²) in [5.74, 6) is 0.270. The number of ether oxygens (including phenoxy) is 1. The maximum Gasteiger partial charge on any atom is 0.306 e. The number of nitriles is 1. The van der Waals surface area contributed by atoms with Crippen molar-refractivity contribution in [3.8, 4) is 6.07 Å². The molecule has 1 saturated carbocycles. The quantitative estimate of drug-likeness (QED) is 0.861. The predicted molar refractivity (Wildman–Crippen MR) is 78.4 cm³/mol. The number of carbonyl (C=O) groups is 2. The van der Waals surface area contributed by atoms with Crippen molar-refractivity contribution < 1.29 is 14.3 Å². The number of esters is 1. The number of hydrogen-bond acceptors (Lipinski definition) is 4. The lowest BCUT2D eigenvalue weighted by Gasteiger charge is -2.28. The van der Waals surface area contributed by atoms with E-state index in [0.29, 0.717) is 24.3 Å². The van der Waals surface area contributed by atoms with E-state index in [9.17, 15) is 9.59 Å². The summed E-state index contributed by atoms with van der Waals surface area (Å²) < 4.78 is 5.55. The van der Waals surface area contributed by atoms with Crippen molar-refractivity contribution in [3.05, 3.63) is 35.4 Å². The molecule has 1 saturated heterocycles. The molecule has 1 aromatic carbocycles. The lowest BCUT2D eigenvalue weighted by atomic mass is 9.89. The average molecular weight is 298 g/mol. The Hall–Kier alpha value is -2.35. The third-order valence-corrected chi connectivity index (χ3v) is 4.55. The molecule has 0 bridgehead atoms. The van der Waals surface area contributed by atoms with E-state index in [0.717, 1.165) is 12.0 Å². The molecular formula is C17H18N2O3. The molecular weight excluding hydrogens is 280 g/mol. The highest BCUT2D eigenvalue weighted by Crippen LogP contribution is 2.39. The van der Waals surface area contributed by atoms with Crippen LogP contribution in [-0.4, -0.2) is 18.4 Å². The van der Waals surface area contributed by atoms with Crippen molar-refractivity contribution in [1.29, 1.82) is 5.26 Å². The van der Waals surface area contributed by atoms with E-state index in [-0.39, 0.29) is 24.3 Å². The first-order chi connectivity index (χ1) is 10.5. The molecule has 22 heavy (non-hydrogen) atoms. The summed E-state index contributed by atoms with van der Waals surface area (Å²) in [6, 6.07) is 9.13. The Kier molecular flexibility index (Phi) is 3.61. The molecule has 1 aliphatic carbocycles. The fraction of sp³-hybridized carbons (Fsp3) is 0.471. The zero-order valence-electron chi connectivity index (χ0n) is 12.5. The molecule has 1 heterocycles. The Balaban J connectivity index is 1.80. The molecule has 0 radical (unpaired) electrons. The lowest BCUT2D eigenvalue weighted by molar-refractivity contribution is -0.150. The van der Waals surface area contributed by atoms with Crippen LogP contribution in [-0.2, 0) is 19.9 Å². The van der Waals surface area contributed by atoms with Crippen LogP contribution in [0.4, 0.5) is 0 Å². The van der Waals surface area contributed by atoms with Crippen LogP contribution in [0.2, 0.25) is 0 Å². The Morgan fingerprint density at radius 1 is 1.55 bits per heavy atom. The van der Waals surface area contributed by atoms with E-state index in [1.54, 1.807) is 18.2 Å². The molecule has 1 N–H and O–H groups in total. The van der Waals surface area contributed by atoms with Crippen molar-refractivity contribution in [2.24, 2.45) is 11.8 Å². The number of amides is 1. The van der Waals surface area contributed by atoms with Gasteiger partial charge in [-0.05, 0) is 30.0 Å². The summed E-state index contributed by atoms with van der Waals surface area (Å²) in [4.78, 5) is 23.7. The number of hydrogen-bond donors (Lipinski definition) is 1. The van der Waals surface area contributed by atoms with Gasteiger partial charge in [-0.3, -0.25) is 9.59 Å². The molecule has 1 aliphatic heterocycles. The van der Waals surface area contributed by atoms with Gasteiger partial charge in [0.1, 0.15) is 0 Å². The van der Waals surface area contributed by atoms with Crippen LogP contribution in [0, 0.1) is 23.2 Å². The van der Waals surface area contributed by atoms with Crippen molar-refractivity contribution in [3.63, 3.8) is 0 Å². The molecule has 5 heteroatoms. The van der Waals surface area contributed by atoms with Crippen LogP contribution in [0.15, 0.2) is 24.3 Å². The van der Waals surface area contributed by atoms with Gasteiger partial charge < -0.3 is 10.1 Å². The van der Waals surface area contributed by atoms with Crippen LogP contribution < -0.4 is 5.32 Å². The molecule has 1 unspecified atom stereocenters. The SMILES string of the molecule is C[C@H]1C[C@@H]1C(=O)NCC1(c2cccc(C#N)c2)CCC(=O)O1. The summed E-state index contributed by atoms with van der Waals surface area (Å²) in [7, 11) is 0. The van der Waals surface area contributed by atoms with Crippen LogP contribution >= 0.6 is 0 Å².